The van der Waals surface area contributed by atoms with Crippen LogP contribution in [0.25, 0.3) is 6.08 Å². The van der Waals surface area contributed by atoms with E-state index in [-0.39, 0.29) is 5.91 Å². The van der Waals surface area contributed by atoms with E-state index in [1.807, 2.05) is 6.07 Å². The Bertz CT molecular complexity index is 484. The zero-order chi connectivity index (χ0) is 14.8. The molecule has 1 amide bonds. The molecule has 0 saturated carbocycles. The van der Waals surface area contributed by atoms with Crippen LogP contribution >= 0.6 is 0 Å². The first-order valence-corrected chi connectivity index (χ1v) is 6.25. The summed E-state index contributed by atoms with van der Waals surface area (Å²) in [6.07, 6.45) is 4.79. The van der Waals surface area contributed by atoms with Gasteiger partial charge in [0, 0.05) is 19.7 Å². The van der Waals surface area contributed by atoms with E-state index in [0.717, 1.165) is 5.56 Å². The van der Waals surface area contributed by atoms with Crippen molar-refractivity contribution < 1.29 is 14.3 Å². The first kappa shape index (κ1) is 15.8. The molecule has 0 spiro atoms. The normalized spacial score (nSPS) is 10.4. The molecule has 1 aromatic carbocycles. The van der Waals surface area contributed by atoms with Gasteiger partial charge in [0.1, 0.15) is 12.4 Å². The molecule has 0 aromatic heterocycles. The number of amides is 1. The van der Waals surface area contributed by atoms with Gasteiger partial charge in [-0.2, -0.15) is 0 Å². The number of nitrogen functional groups attached to an aromatic ring is 1. The van der Waals surface area contributed by atoms with Crippen LogP contribution < -0.4 is 15.8 Å². The molecule has 20 heavy (non-hydrogen) atoms. The molecule has 108 valence electrons. The summed E-state index contributed by atoms with van der Waals surface area (Å²) in [4.78, 5) is 11.5. The third-order valence-corrected chi connectivity index (χ3v) is 2.42. The van der Waals surface area contributed by atoms with Crippen molar-refractivity contribution in [2.75, 3.05) is 32.6 Å². The highest BCUT2D eigenvalue weighted by molar-refractivity contribution is 5.91. The number of nitrogens with one attached hydrogen (secondary N) is 1. The van der Waals surface area contributed by atoms with Gasteiger partial charge in [0.2, 0.25) is 5.91 Å². The van der Waals surface area contributed by atoms with Gasteiger partial charge in [-0.15, -0.1) is 0 Å². The fourth-order valence-corrected chi connectivity index (χ4v) is 1.46. The molecule has 0 aliphatic heterocycles. The molecular weight excluding hydrogens is 256 g/mol. The molecule has 5 heteroatoms. The minimum Gasteiger partial charge on any atom is -0.487 e. The van der Waals surface area contributed by atoms with Crippen molar-refractivity contribution >= 4 is 17.7 Å². The third-order valence-electron chi connectivity index (χ3n) is 2.42. The van der Waals surface area contributed by atoms with Gasteiger partial charge < -0.3 is 20.5 Å². The monoisotopic (exact) mass is 276 g/mol. The second-order valence-electron chi connectivity index (χ2n) is 4.01. The van der Waals surface area contributed by atoms with Crippen LogP contribution in [0.1, 0.15) is 5.56 Å². The number of carbonyl (C=O) groups is 1. The predicted molar refractivity (Wildman–Crippen MR) is 80.5 cm³/mol. The average Bonchev–Trinajstić information content (AvgIpc) is 2.44. The Morgan fingerprint density at radius 3 is 2.95 bits per heavy atom. The van der Waals surface area contributed by atoms with E-state index in [1.165, 1.54) is 6.08 Å². The molecule has 0 aliphatic carbocycles. The molecule has 0 saturated heterocycles. The van der Waals surface area contributed by atoms with E-state index in [9.17, 15) is 4.79 Å². The molecule has 3 N–H and O–H groups in total. The van der Waals surface area contributed by atoms with E-state index in [1.54, 1.807) is 31.4 Å². The Morgan fingerprint density at radius 1 is 1.50 bits per heavy atom. The lowest BCUT2D eigenvalue weighted by molar-refractivity contribution is -0.116. The van der Waals surface area contributed by atoms with Gasteiger partial charge in [-0.3, -0.25) is 4.79 Å². The van der Waals surface area contributed by atoms with Crippen LogP contribution in [0.2, 0.25) is 0 Å². The third kappa shape index (κ3) is 5.58. The van der Waals surface area contributed by atoms with Gasteiger partial charge in [-0.25, -0.2) is 0 Å². The molecule has 0 unspecified atom stereocenters. The molecular formula is C15H20N2O3. The fourth-order valence-electron chi connectivity index (χ4n) is 1.46. The van der Waals surface area contributed by atoms with E-state index in [2.05, 4.69) is 11.9 Å². The highest BCUT2D eigenvalue weighted by Crippen LogP contribution is 2.23. The number of anilines is 1. The van der Waals surface area contributed by atoms with Crippen molar-refractivity contribution in [2.24, 2.45) is 0 Å². The van der Waals surface area contributed by atoms with Gasteiger partial charge in [0.05, 0.1) is 12.3 Å². The SMILES string of the molecule is C=CCOc1ccc(/C=C\C(=O)NCCOC)cc1N. The minimum absolute atomic E-state index is 0.174. The van der Waals surface area contributed by atoms with E-state index in [4.69, 9.17) is 15.2 Å². The fraction of sp³-hybridized carbons (Fsp3) is 0.267. The van der Waals surface area contributed by atoms with Crippen molar-refractivity contribution in [3.8, 4) is 5.75 Å². The zero-order valence-corrected chi connectivity index (χ0v) is 11.6. The largest absolute Gasteiger partial charge is 0.487 e. The smallest absolute Gasteiger partial charge is 0.244 e. The number of methoxy groups -OCH3 is 1. The van der Waals surface area contributed by atoms with Crippen LogP contribution in [0.5, 0.6) is 5.75 Å². The van der Waals surface area contributed by atoms with Crippen LogP contribution in [0, 0.1) is 0 Å². The lowest BCUT2D eigenvalue weighted by Crippen LogP contribution is -2.24. The first-order chi connectivity index (χ1) is 9.67. The van der Waals surface area contributed by atoms with Crippen LogP contribution in [-0.4, -0.2) is 32.8 Å². The summed E-state index contributed by atoms with van der Waals surface area (Å²) in [5.41, 5.74) is 7.21. The minimum atomic E-state index is -0.174. The van der Waals surface area contributed by atoms with E-state index in [0.29, 0.717) is 31.2 Å². The standard InChI is InChI=1S/C15H20N2O3/c1-3-9-20-14-6-4-12(11-13(14)16)5-7-15(18)17-8-10-19-2/h3-7,11H,1,8-10,16H2,2H3,(H,17,18)/b7-5-. The Hall–Kier alpha value is -2.27. The van der Waals surface area contributed by atoms with Crippen molar-refractivity contribution in [3.05, 3.63) is 42.5 Å². The maximum Gasteiger partial charge on any atom is 0.244 e. The topological polar surface area (TPSA) is 73.6 Å². The van der Waals surface area contributed by atoms with Crippen LogP contribution in [0.4, 0.5) is 5.69 Å². The van der Waals surface area contributed by atoms with E-state index < -0.39 is 0 Å². The summed E-state index contributed by atoms with van der Waals surface area (Å²) >= 11 is 0. The van der Waals surface area contributed by atoms with Crippen molar-refractivity contribution in [2.45, 2.75) is 0 Å². The number of benzene rings is 1. The van der Waals surface area contributed by atoms with Crippen LogP contribution in [0.15, 0.2) is 36.9 Å². The number of carbonyl (C=O) groups excluding carboxylic acids is 1. The Balaban J connectivity index is 2.57. The summed E-state index contributed by atoms with van der Waals surface area (Å²) in [5, 5.41) is 2.69. The highest BCUT2D eigenvalue weighted by atomic mass is 16.5. The van der Waals surface area contributed by atoms with Crippen LogP contribution in [0.3, 0.4) is 0 Å². The van der Waals surface area contributed by atoms with Crippen molar-refractivity contribution in [1.82, 2.24) is 5.32 Å². The van der Waals surface area contributed by atoms with Gasteiger partial charge >= 0.3 is 0 Å². The lowest BCUT2D eigenvalue weighted by Gasteiger charge is -2.07. The molecule has 5 nitrogen and oxygen atoms in total. The number of nitrogens with two attached hydrogens (primary N) is 1. The first-order valence-electron chi connectivity index (χ1n) is 6.25. The van der Waals surface area contributed by atoms with Crippen molar-refractivity contribution in [1.29, 1.82) is 0 Å². The Labute approximate surface area is 119 Å². The molecule has 0 radical (unpaired) electrons. The summed E-state index contributed by atoms with van der Waals surface area (Å²) in [6, 6.07) is 5.34. The number of ether oxygens (including phenoxy) is 2. The Kier molecular flexibility index (Phi) is 6.92. The van der Waals surface area contributed by atoms with Gasteiger partial charge in [0.25, 0.3) is 0 Å². The van der Waals surface area contributed by atoms with Crippen LogP contribution in [-0.2, 0) is 9.53 Å². The van der Waals surface area contributed by atoms with E-state index >= 15 is 0 Å². The predicted octanol–water partition coefficient (Wildman–Crippen LogP) is 1.61. The summed E-state index contributed by atoms with van der Waals surface area (Å²) in [6.45, 7) is 4.95. The molecule has 0 heterocycles. The maximum absolute atomic E-state index is 11.5. The van der Waals surface area contributed by atoms with Gasteiger partial charge in [0.15, 0.2) is 0 Å². The summed E-state index contributed by atoms with van der Waals surface area (Å²) in [5.74, 6) is 0.430. The number of hydrogen-bond donors (Lipinski definition) is 2. The second kappa shape index (κ2) is 8.77. The zero-order valence-electron chi connectivity index (χ0n) is 11.6. The summed E-state index contributed by atoms with van der Waals surface area (Å²) in [7, 11) is 1.58. The molecule has 1 aromatic rings. The molecule has 0 atom stereocenters. The molecule has 0 fully saturated rings. The Morgan fingerprint density at radius 2 is 2.30 bits per heavy atom. The molecule has 1 rings (SSSR count). The molecule has 0 aliphatic rings. The number of rotatable bonds is 8. The highest BCUT2D eigenvalue weighted by Gasteiger charge is 2.00. The van der Waals surface area contributed by atoms with Gasteiger partial charge in [-0.1, -0.05) is 18.7 Å². The maximum atomic E-state index is 11.5. The number of hydrogen-bond acceptors (Lipinski definition) is 4. The summed E-state index contributed by atoms with van der Waals surface area (Å²) < 4.78 is 10.2. The lowest BCUT2D eigenvalue weighted by atomic mass is 10.1. The average molecular weight is 276 g/mol. The molecule has 0 bridgehead atoms. The van der Waals surface area contributed by atoms with Crippen molar-refractivity contribution in [3.63, 3.8) is 0 Å². The quantitative estimate of drug-likeness (QED) is 0.327. The van der Waals surface area contributed by atoms with Gasteiger partial charge in [-0.05, 0) is 23.8 Å². The second-order valence-corrected chi connectivity index (χ2v) is 4.01.